The topological polar surface area (TPSA) is 35.5 Å². The Hall–Kier alpha value is -1.72. The predicted molar refractivity (Wildman–Crippen MR) is 93.5 cm³/mol. The van der Waals surface area contributed by atoms with Crippen LogP contribution in [0.15, 0.2) is 18.2 Å². The maximum Gasteiger partial charge on any atom is 0.490 e. The Balaban J connectivity index is 1.56. The summed E-state index contributed by atoms with van der Waals surface area (Å²) >= 11 is 0. The minimum atomic E-state index is -4.92. The van der Waals surface area contributed by atoms with Crippen LogP contribution < -0.4 is 4.74 Å². The van der Waals surface area contributed by atoms with Gasteiger partial charge < -0.3 is 9.47 Å². The molecule has 3 aliphatic rings. The number of rotatable bonds is 2. The van der Waals surface area contributed by atoms with Crippen molar-refractivity contribution in [3.8, 4) is 5.75 Å². The van der Waals surface area contributed by atoms with E-state index >= 15 is 0 Å². The van der Waals surface area contributed by atoms with Gasteiger partial charge in [-0.1, -0.05) is 13.0 Å². The summed E-state index contributed by atoms with van der Waals surface area (Å²) in [6.45, 7) is 2.03. The van der Waals surface area contributed by atoms with E-state index < -0.39 is 18.2 Å². The Labute approximate surface area is 157 Å². The maximum atomic E-state index is 12.7. The summed E-state index contributed by atoms with van der Waals surface area (Å²) in [5, 5.41) is 0. The highest BCUT2D eigenvalue weighted by Crippen LogP contribution is 2.61. The number of esters is 1. The lowest BCUT2D eigenvalue weighted by molar-refractivity contribution is -0.211. The van der Waals surface area contributed by atoms with Crippen molar-refractivity contribution in [3.63, 3.8) is 0 Å². The largest absolute Gasteiger partial charge is 0.497 e. The number of halogens is 3. The highest BCUT2D eigenvalue weighted by atomic mass is 19.4. The Bertz CT molecular complexity index is 745. The molecule has 2 fully saturated rings. The molecule has 4 rings (SSSR count). The van der Waals surface area contributed by atoms with Crippen molar-refractivity contribution in [1.29, 1.82) is 0 Å². The molecule has 2 saturated carbocycles. The van der Waals surface area contributed by atoms with E-state index in [4.69, 9.17) is 9.47 Å². The number of hydrogen-bond donors (Lipinski definition) is 0. The van der Waals surface area contributed by atoms with Gasteiger partial charge in [-0.25, -0.2) is 4.79 Å². The average Bonchev–Trinajstić information content (AvgIpc) is 2.96. The molecule has 0 aromatic heterocycles. The van der Waals surface area contributed by atoms with Crippen LogP contribution in [0.4, 0.5) is 13.2 Å². The van der Waals surface area contributed by atoms with Crippen LogP contribution in [0.1, 0.15) is 56.1 Å². The number of carbonyl (C=O) groups is 1. The van der Waals surface area contributed by atoms with Gasteiger partial charge in [-0.2, -0.15) is 13.2 Å². The number of methoxy groups -OCH3 is 1. The summed E-state index contributed by atoms with van der Waals surface area (Å²) in [7, 11) is 1.67. The first kappa shape index (κ1) is 18.6. The standard InChI is InChI=1S/C21H25F3O3/c1-20-10-9-15-14-6-4-13(26-2)11-12(14)3-5-16(15)17(20)7-8-18(20)27-19(25)21(22,23)24/h4,6,11,15-18H,3,5,7-10H2,1-2H3/t15-,16-,17+,18+,20+/m1/s1. The summed E-state index contributed by atoms with van der Waals surface area (Å²) in [6.07, 6.45) is -0.472. The first-order valence-corrected chi connectivity index (χ1v) is 9.68. The van der Waals surface area contributed by atoms with Gasteiger partial charge in [-0.15, -0.1) is 0 Å². The van der Waals surface area contributed by atoms with Crippen LogP contribution in [-0.4, -0.2) is 25.4 Å². The van der Waals surface area contributed by atoms with Gasteiger partial charge in [0.2, 0.25) is 0 Å². The lowest BCUT2D eigenvalue weighted by Crippen LogP contribution is -2.46. The van der Waals surface area contributed by atoms with Crippen molar-refractivity contribution in [1.82, 2.24) is 0 Å². The molecular weight excluding hydrogens is 357 g/mol. The van der Waals surface area contributed by atoms with Crippen molar-refractivity contribution in [2.45, 2.75) is 63.6 Å². The first-order valence-electron chi connectivity index (χ1n) is 9.68. The third-order valence-electron chi connectivity index (χ3n) is 7.33. The van der Waals surface area contributed by atoms with Crippen LogP contribution in [0.5, 0.6) is 5.75 Å². The molecule has 0 heterocycles. The van der Waals surface area contributed by atoms with E-state index in [1.165, 1.54) is 11.1 Å². The molecule has 1 aromatic rings. The van der Waals surface area contributed by atoms with E-state index in [-0.39, 0.29) is 5.41 Å². The van der Waals surface area contributed by atoms with Gasteiger partial charge in [0, 0.05) is 5.41 Å². The number of alkyl halides is 3. The molecule has 3 nitrogen and oxygen atoms in total. The summed E-state index contributed by atoms with van der Waals surface area (Å²) in [4.78, 5) is 11.4. The van der Waals surface area contributed by atoms with Gasteiger partial charge >= 0.3 is 12.1 Å². The number of fused-ring (bicyclic) bond motifs is 5. The molecule has 0 spiro atoms. The van der Waals surface area contributed by atoms with Gasteiger partial charge in [0.05, 0.1) is 7.11 Å². The minimum Gasteiger partial charge on any atom is -0.497 e. The van der Waals surface area contributed by atoms with E-state index in [1.54, 1.807) is 7.11 Å². The number of ether oxygens (including phenoxy) is 2. The number of aryl methyl sites for hydroxylation is 1. The second-order valence-corrected chi connectivity index (χ2v) is 8.49. The SMILES string of the molecule is COc1ccc2c(c1)CC[C@@H]1[C@@H]2CC[C@]2(C)[C@@H](OC(=O)C(F)(F)F)CC[C@@H]12. The van der Waals surface area contributed by atoms with E-state index in [1.807, 2.05) is 13.0 Å². The minimum absolute atomic E-state index is 0.303. The van der Waals surface area contributed by atoms with E-state index in [0.29, 0.717) is 24.2 Å². The molecule has 6 heteroatoms. The van der Waals surface area contributed by atoms with Crippen LogP contribution in [0.25, 0.3) is 0 Å². The van der Waals surface area contributed by atoms with Gasteiger partial charge in [0.1, 0.15) is 11.9 Å². The molecule has 0 radical (unpaired) electrons. The Morgan fingerprint density at radius 2 is 1.96 bits per heavy atom. The van der Waals surface area contributed by atoms with Gasteiger partial charge in [0.25, 0.3) is 0 Å². The fraction of sp³-hybridized carbons (Fsp3) is 0.667. The van der Waals surface area contributed by atoms with Crippen molar-refractivity contribution in [2.24, 2.45) is 17.3 Å². The third-order valence-corrected chi connectivity index (χ3v) is 7.33. The molecule has 27 heavy (non-hydrogen) atoms. The van der Waals surface area contributed by atoms with Gasteiger partial charge in [-0.05, 0) is 79.5 Å². The summed E-state index contributed by atoms with van der Waals surface area (Å²) in [5.41, 5.74) is 2.34. The molecule has 5 atom stereocenters. The summed E-state index contributed by atoms with van der Waals surface area (Å²) < 4.78 is 48.3. The molecular formula is C21H25F3O3. The van der Waals surface area contributed by atoms with Crippen LogP contribution >= 0.6 is 0 Å². The zero-order valence-electron chi connectivity index (χ0n) is 15.6. The fourth-order valence-electron chi connectivity index (χ4n) is 6.03. The molecule has 0 amide bonds. The van der Waals surface area contributed by atoms with Crippen molar-refractivity contribution in [2.75, 3.05) is 7.11 Å². The van der Waals surface area contributed by atoms with Crippen molar-refractivity contribution in [3.05, 3.63) is 29.3 Å². The lowest BCUT2D eigenvalue weighted by Gasteiger charge is -2.50. The molecule has 0 saturated heterocycles. The molecule has 0 bridgehead atoms. The van der Waals surface area contributed by atoms with Crippen molar-refractivity contribution < 1.29 is 27.4 Å². The molecule has 0 aliphatic heterocycles. The molecule has 1 aromatic carbocycles. The number of benzene rings is 1. The van der Waals surface area contributed by atoms with Crippen LogP contribution in [0.3, 0.4) is 0 Å². The van der Waals surface area contributed by atoms with E-state index in [9.17, 15) is 18.0 Å². The molecule has 0 unspecified atom stereocenters. The molecule has 3 aliphatic carbocycles. The second kappa shape index (κ2) is 6.42. The summed E-state index contributed by atoms with van der Waals surface area (Å²) in [5.74, 6) is 0.0111. The van der Waals surface area contributed by atoms with Gasteiger partial charge in [-0.3, -0.25) is 0 Å². The lowest BCUT2D eigenvalue weighted by atomic mass is 9.55. The number of hydrogen-bond acceptors (Lipinski definition) is 3. The highest BCUT2D eigenvalue weighted by Gasteiger charge is 2.57. The third kappa shape index (κ3) is 3.01. The monoisotopic (exact) mass is 382 g/mol. The average molecular weight is 382 g/mol. The first-order chi connectivity index (χ1) is 12.7. The second-order valence-electron chi connectivity index (χ2n) is 8.49. The van der Waals surface area contributed by atoms with Crippen LogP contribution in [-0.2, 0) is 16.0 Å². The Morgan fingerprint density at radius 1 is 1.19 bits per heavy atom. The molecule has 148 valence electrons. The fourth-order valence-corrected chi connectivity index (χ4v) is 6.03. The van der Waals surface area contributed by atoms with E-state index in [2.05, 4.69) is 12.1 Å². The number of carbonyl (C=O) groups excluding carboxylic acids is 1. The smallest absolute Gasteiger partial charge is 0.490 e. The van der Waals surface area contributed by atoms with Crippen LogP contribution in [0, 0.1) is 17.3 Å². The zero-order valence-corrected chi connectivity index (χ0v) is 15.6. The maximum absolute atomic E-state index is 12.7. The Morgan fingerprint density at radius 3 is 2.67 bits per heavy atom. The Kier molecular flexibility index (Phi) is 4.43. The van der Waals surface area contributed by atoms with Gasteiger partial charge in [0.15, 0.2) is 0 Å². The molecule has 0 N–H and O–H groups in total. The predicted octanol–water partition coefficient (Wildman–Crippen LogP) is 5.03. The highest BCUT2D eigenvalue weighted by molar-refractivity contribution is 5.75. The summed E-state index contributed by atoms with van der Waals surface area (Å²) in [6, 6.07) is 6.27. The van der Waals surface area contributed by atoms with Crippen LogP contribution in [0.2, 0.25) is 0 Å². The quantitative estimate of drug-likeness (QED) is 0.674. The van der Waals surface area contributed by atoms with Crippen molar-refractivity contribution >= 4 is 5.97 Å². The normalized spacial score (nSPS) is 35.0. The zero-order chi connectivity index (χ0) is 19.4. The van der Waals surface area contributed by atoms with E-state index in [0.717, 1.165) is 37.9 Å².